The van der Waals surface area contributed by atoms with E-state index in [1.165, 1.54) is 38.8 Å². The summed E-state index contributed by atoms with van der Waals surface area (Å²) in [5.41, 5.74) is 2.56. The summed E-state index contributed by atoms with van der Waals surface area (Å²) >= 11 is 19.0. The Bertz CT molecular complexity index is 1280. The third-order valence-corrected chi connectivity index (χ3v) is 9.24. The van der Waals surface area contributed by atoms with Crippen LogP contribution < -0.4 is 10.2 Å². The molecule has 10 heteroatoms. The Morgan fingerprint density at radius 1 is 1.02 bits per heavy atom. The quantitative estimate of drug-likeness (QED) is 0.201. The monoisotopic (exact) mass is 674 g/mol. The average Bonchev–Trinajstić information content (AvgIpc) is 3.32. The second kappa shape index (κ2) is 17.0. The minimum Gasteiger partial charge on any atom is -0.483 e. The number of nitrogens with one attached hydrogen (secondary N) is 1. The molecule has 2 aromatic carbocycles. The Morgan fingerprint density at radius 3 is 2.36 bits per heavy atom. The minimum absolute atomic E-state index is 0. The molecule has 0 bridgehead atoms. The molecule has 42 heavy (non-hydrogen) atoms. The number of benzene rings is 2. The van der Waals surface area contributed by atoms with Gasteiger partial charge in [-0.3, -0.25) is 4.79 Å². The number of furan rings is 1. The number of fused-ring (bicyclic) bond motifs is 1. The number of carbonyl (C=O) groups is 1. The molecule has 2 N–H and O–H groups in total. The van der Waals surface area contributed by atoms with Crippen LogP contribution in [0, 0.1) is 25.2 Å². The summed E-state index contributed by atoms with van der Waals surface area (Å²) in [6, 6.07) is 12.5. The summed E-state index contributed by atoms with van der Waals surface area (Å²) in [7, 11) is 0. The van der Waals surface area contributed by atoms with Crippen LogP contribution in [-0.2, 0) is 28.7 Å². The van der Waals surface area contributed by atoms with Crippen LogP contribution in [0.1, 0.15) is 52.0 Å². The first kappa shape index (κ1) is 36.6. The van der Waals surface area contributed by atoms with Crippen molar-refractivity contribution >= 4 is 63.8 Å². The molecule has 1 atom stereocenters. The van der Waals surface area contributed by atoms with E-state index >= 15 is 0 Å². The van der Waals surface area contributed by atoms with Gasteiger partial charge < -0.3 is 32.1 Å². The van der Waals surface area contributed by atoms with Gasteiger partial charge in [0.25, 0.3) is 6.47 Å². The van der Waals surface area contributed by atoms with E-state index in [-0.39, 0.29) is 31.3 Å². The molecule has 1 saturated carbocycles. The van der Waals surface area contributed by atoms with Crippen molar-refractivity contribution in [3.05, 3.63) is 64.5 Å². The van der Waals surface area contributed by atoms with Gasteiger partial charge in [-0.2, -0.15) is 0 Å². The number of halogens is 3. The van der Waals surface area contributed by atoms with Gasteiger partial charge in [-0.15, -0.1) is 0 Å². The first-order chi connectivity index (χ1) is 19.4. The zero-order chi connectivity index (χ0) is 28.8. The number of carboxylic acid groups (broad SMARTS) is 1. The summed E-state index contributed by atoms with van der Waals surface area (Å²) in [6.07, 6.45) is 5.51. The molecule has 2 saturated heterocycles. The molecule has 1 aliphatic carbocycles. The van der Waals surface area contributed by atoms with Gasteiger partial charge in [0.2, 0.25) is 0 Å². The van der Waals surface area contributed by atoms with Crippen LogP contribution >= 0.6 is 34.8 Å². The summed E-state index contributed by atoms with van der Waals surface area (Å²) in [6.45, 7) is 11.4. The Morgan fingerprint density at radius 2 is 1.71 bits per heavy atom. The van der Waals surface area contributed by atoms with Crippen molar-refractivity contribution in [3.63, 3.8) is 0 Å². The smallest absolute Gasteiger partial charge is 0.290 e. The van der Waals surface area contributed by atoms with Gasteiger partial charge in [-0.05, 0) is 79.8 Å². The molecular formula is C32H43Cl3CrN3O3-. The van der Waals surface area contributed by atoms with E-state index < -0.39 is 0 Å². The molecule has 232 valence electrons. The van der Waals surface area contributed by atoms with Crippen molar-refractivity contribution in [2.45, 2.75) is 59.0 Å². The normalized spacial score (nSPS) is 21.7. The number of piperidine rings is 1. The van der Waals surface area contributed by atoms with E-state index in [1.54, 1.807) is 6.07 Å². The van der Waals surface area contributed by atoms with Crippen molar-refractivity contribution in [2.75, 3.05) is 36.4 Å². The van der Waals surface area contributed by atoms with E-state index in [1.807, 2.05) is 38.1 Å². The maximum absolute atomic E-state index is 8.36. The summed E-state index contributed by atoms with van der Waals surface area (Å²) in [5.74, 6) is 3.43. The van der Waals surface area contributed by atoms with Crippen molar-refractivity contribution in [3.8, 4) is 0 Å². The van der Waals surface area contributed by atoms with Gasteiger partial charge in [0.15, 0.2) is 11.5 Å². The van der Waals surface area contributed by atoms with Gasteiger partial charge >= 0.3 is 0 Å². The fourth-order valence-electron chi connectivity index (χ4n) is 6.14. The molecule has 0 radical (unpaired) electrons. The van der Waals surface area contributed by atoms with Crippen molar-refractivity contribution < 1.29 is 31.7 Å². The molecule has 1 aromatic heterocycles. The molecule has 3 aromatic rings. The first-order valence-corrected chi connectivity index (χ1v) is 15.5. The number of rotatable bonds is 6. The van der Waals surface area contributed by atoms with Crippen LogP contribution in [0.5, 0.6) is 0 Å². The van der Waals surface area contributed by atoms with E-state index in [0.717, 1.165) is 65.0 Å². The average molecular weight is 676 g/mol. The molecule has 3 heterocycles. The third-order valence-electron chi connectivity index (χ3n) is 8.34. The fraction of sp³-hybridized carbons (Fsp3) is 0.500. The molecular weight excluding hydrogens is 633 g/mol. The van der Waals surface area contributed by atoms with Crippen LogP contribution in [0.15, 0.2) is 40.8 Å². The number of likely N-dealkylation sites (tertiary alicyclic amines) is 1. The molecule has 6 nitrogen and oxygen atoms in total. The minimum atomic E-state index is -0.250. The topological polar surface area (TPSA) is 69.0 Å². The summed E-state index contributed by atoms with van der Waals surface area (Å²) in [4.78, 5) is 13.5. The van der Waals surface area contributed by atoms with Crippen LogP contribution in [0.25, 0.3) is 11.0 Å². The van der Waals surface area contributed by atoms with E-state index in [2.05, 4.69) is 28.1 Å². The molecule has 3 aliphatic rings. The molecule has 0 amide bonds. The van der Waals surface area contributed by atoms with E-state index in [4.69, 9.17) is 49.1 Å². The maximum Gasteiger partial charge on any atom is 0.290 e. The van der Waals surface area contributed by atoms with E-state index in [0.29, 0.717) is 21.6 Å². The van der Waals surface area contributed by atoms with Crippen LogP contribution in [0.4, 0.5) is 11.6 Å². The molecule has 1 unspecified atom stereocenters. The predicted molar refractivity (Wildman–Crippen MR) is 174 cm³/mol. The van der Waals surface area contributed by atoms with Crippen molar-refractivity contribution in [2.24, 2.45) is 17.8 Å². The van der Waals surface area contributed by atoms with Gasteiger partial charge in [-0.25, -0.2) is 0 Å². The Hall–Kier alpha value is -1.59. The number of hydrogen-bond acceptors (Lipinski definition) is 5. The fourth-order valence-corrected chi connectivity index (χ4v) is 6.83. The van der Waals surface area contributed by atoms with Gasteiger partial charge in [0.05, 0.1) is 10.7 Å². The van der Waals surface area contributed by atoms with Crippen LogP contribution in [0.2, 0.25) is 15.1 Å². The van der Waals surface area contributed by atoms with E-state index in [9.17, 15) is 0 Å². The zero-order valence-electron chi connectivity index (χ0n) is 24.9. The van der Waals surface area contributed by atoms with Gasteiger partial charge in [-0.1, -0.05) is 61.6 Å². The molecule has 6 rings (SSSR count). The molecule has 3 fully saturated rings. The summed E-state index contributed by atoms with van der Waals surface area (Å²) in [5, 5.41) is 13.3. The van der Waals surface area contributed by atoms with Crippen molar-refractivity contribution in [1.82, 2.24) is 4.90 Å². The Labute approximate surface area is 276 Å². The number of hydrogen-bond donors (Lipinski definition) is 2. The van der Waals surface area contributed by atoms with Gasteiger partial charge in [0, 0.05) is 71.1 Å². The second-order valence-electron chi connectivity index (χ2n) is 10.9. The van der Waals surface area contributed by atoms with Crippen molar-refractivity contribution in [1.29, 1.82) is 0 Å². The first-order valence-electron chi connectivity index (χ1n) is 14.3. The molecule has 0 spiro atoms. The Kier molecular flexibility index (Phi) is 14.9. The maximum atomic E-state index is 8.36. The Balaban J connectivity index is 0.000000830. The standard InChI is InChI=1S/C28H32Cl3N3O.C2H6.CH2O2.CH3.Cr/c1-17-9-23(10-17)33-8-2-3-20(14-33)21-15-34(16-21)26-11-18-5-7-24(30)27(28(18)35-26)32-13-19-4-6-22(29)12-25(19)31;1-2;2-1-3;;/h4-7,11-12,17,20-21,23,32H,2-3,8-10,13-16H2,1H3;1-2H3;1H,(H,2,3);1H3;/q;;;-1;. The third kappa shape index (κ3) is 8.53. The van der Waals surface area contributed by atoms with Crippen LogP contribution in [0.3, 0.4) is 0 Å². The summed E-state index contributed by atoms with van der Waals surface area (Å²) < 4.78 is 6.37. The van der Waals surface area contributed by atoms with Crippen LogP contribution in [-0.4, -0.2) is 48.7 Å². The predicted octanol–water partition coefficient (Wildman–Crippen LogP) is 9.13. The zero-order valence-corrected chi connectivity index (χ0v) is 28.5. The molecule has 2 aliphatic heterocycles. The largest absolute Gasteiger partial charge is 0.483 e. The number of anilines is 2. The SMILES string of the molecule is CC.CC1CC(N2CCCC(C3CN(c4cc5ccc(Cl)c(NCc6ccc(Cl)cc6Cl)c5o4)C3)C2)C1.O=CO.[CH3-].[Cr]. The van der Waals surface area contributed by atoms with Gasteiger partial charge in [0.1, 0.15) is 0 Å². The number of nitrogens with zero attached hydrogens (tertiary/aromatic N) is 2. The second-order valence-corrected chi connectivity index (χ2v) is 12.2.